The van der Waals surface area contributed by atoms with Crippen LogP contribution in [0.25, 0.3) is 0 Å². The molecule has 87 heavy (non-hydrogen) atoms. The highest BCUT2D eigenvalue weighted by Gasteiger charge is 2.29. The lowest BCUT2D eigenvalue weighted by molar-refractivity contribution is 0.0843. The monoisotopic (exact) mass is 1210 g/mol. The van der Waals surface area contributed by atoms with Gasteiger partial charge in [0, 0.05) is 139 Å². The van der Waals surface area contributed by atoms with Gasteiger partial charge in [0.2, 0.25) is 0 Å². The zero-order chi connectivity index (χ0) is 64.6. The molecule has 0 aliphatic carbocycles. The molecule has 0 aliphatic heterocycles. The second-order valence-corrected chi connectivity index (χ2v) is 27.4. The molecule has 0 aromatic carbocycles. The van der Waals surface area contributed by atoms with Crippen LogP contribution in [0.3, 0.4) is 0 Å². The van der Waals surface area contributed by atoms with Crippen LogP contribution in [-0.4, -0.2) is 94.7 Å². The van der Waals surface area contributed by atoms with Crippen LogP contribution in [0.5, 0.6) is 0 Å². The van der Waals surface area contributed by atoms with Crippen molar-refractivity contribution in [3.05, 3.63) is 153 Å². The van der Waals surface area contributed by atoms with Gasteiger partial charge >= 0.3 is 0 Å². The van der Waals surface area contributed by atoms with E-state index in [0.29, 0.717) is 78.9 Å². The van der Waals surface area contributed by atoms with Crippen LogP contribution in [0, 0.1) is 10.8 Å². The topological polar surface area (TPSA) is 244 Å². The van der Waals surface area contributed by atoms with Gasteiger partial charge in [0.15, 0.2) is 34.0 Å². The van der Waals surface area contributed by atoms with Gasteiger partial charge in [-0.2, -0.15) is 0 Å². The molecule has 5 N–H and O–H groups in total. The second-order valence-electron chi connectivity index (χ2n) is 26.5. The van der Waals surface area contributed by atoms with Gasteiger partial charge in [-0.25, -0.2) is 4.98 Å². The SMILES string of the molecule is Cn1cc(CC(=O)c2cc(NC(C)(C)C)cn2C)cc1C(=O)Cc1cc(C(=O)Nc2cc(C(=O)C(C)(C)C)n(C)c2)n(C)c1.Cn1cc(CC(=O)c2csc(NC(C)(C)C)n2)cc1C(=O)Nc1cc(C(=O)Nc2cc(C(=O)C(C)(C)C)n(C)c2)n(C)c1. The standard InChI is InChI=1S/C34H44N6O4.C31H39N7O4S/c1-33(2,3)31(43)27-15-23(19-40(27)10)35-32(44)28-12-22(18-38(28)8)14-29(41)25-11-21(17-37(25)7)13-30(42)26-16-24(20-39(26)9)36-34(4,5)6;1-30(2,3)26(40)22-12-19(15-37(22)8)32-28(42)24-13-20(16-38(24)9)33-27(41)23-10-18(14-36(23)7)11-25(39)21-17-43-29(34-21)35-31(4,5)6/h11-12,15-20,36H,13-14H2,1-10H3,(H,35,44);10,12-17H,11H2,1-9H3,(H,32,42)(H,33,41)(H,34,35). The Morgan fingerprint density at radius 1 is 0.379 bits per heavy atom. The van der Waals surface area contributed by atoms with Crippen molar-refractivity contribution in [2.45, 2.75) is 113 Å². The molecule has 0 aliphatic rings. The summed E-state index contributed by atoms with van der Waals surface area (Å²) in [7, 11) is 12.4. The quantitative estimate of drug-likeness (QED) is 0.0477. The minimum atomic E-state index is -0.553. The average molecular weight is 1210 g/mol. The van der Waals surface area contributed by atoms with Crippen molar-refractivity contribution in [2.24, 2.45) is 60.2 Å². The Hall–Kier alpha value is -9.05. The van der Waals surface area contributed by atoms with E-state index in [4.69, 9.17) is 0 Å². The fourth-order valence-electron chi connectivity index (χ4n) is 9.80. The van der Waals surface area contributed by atoms with Gasteiger partial charge in [0.05, 0.1) is 45.5 Å². The average Bonchev–Trinajstić information content (AvgIpc) is 1.86. The van der Waals surface area contributed by atoms with E-state index in [9.17, 15) is 38.4 Å². The Bertz CT molecular complexity index is 3960. The molecule has 8 rings (SSSR count). The number of ketones is 5. The van der Waals surface area contributed by atoms with Crippen LogP contribution in [-0.2, 0) is 68.6 Å². The number of aromatic nitrogens is 8. The maximum Gasteiger partial charge on any atom is 0.272 e. The molecule has 462 valence electrons. The zero-order valence-electron chi connectivity index (χ0n) is 53.5. The molecular weight excluding hydrogens is 1120 g/mol. The number of hydrogen-bond donors (Lipinski definition) is 5. The largest absolute Gasteiger partial charge is 0.379 e. The van der Waals surface area contributed by atoms with Crippen molar-refractivity contribution in [3.63, 3.8) is 0 Å². The predicted octanol–water partition coefficient (Wildman–Crippen LogP) is 11.1. The smallest absolute Gasteiger partial charge is 0.272 e. The molecule has 8 aromatic rings. The summed E-state index contributed by atoms with van der Waals surface area (Å²) in [5, 5.41) is 17.6. The molecule has 0 spiro atoms. The first kappa shape index (κ1) is 65.5. The number of thiazole rings is 1. The minimum absolute atomic E-state index is 0.0177. The lowest BCUT2D eigenvalue weighted by atomic mass is 9.89. The number of rotatable bonds is 19. The molecule has 0 saturated carbocycles. The summed E-state index contributed by atoms with van der Waals surface area (Å²) in [6.45, 7) is 23.4. The van der Waals surface area contributed by atoms with Gasteiger partial charge in [-0.3, -0.25) is 38.4 Å². The summed E-state index contributed by atoms with van der Waals surface area (Å²) in [5.74, 6) is -1.44. The zero-order valence-corrected chi connectivity index (χ0v) is 54.4. The van der Waals surface area contributed by atoms with E-state index in [1.807, 2.05) is 92.4 Å². The van der Waals surface area contributed by atoms with Crippen LogP contribution in [0.2, 0.25) is 0 Å². The van der Waals surface area contributed by atoms with Crippen molar-refractivity contribution < 1.29 is 38.4 Å². The van der Waals surface area contributed by atoms with E-state index in [1.54, 1.807) is 142 Å². The second kappa shape index (κ2) is 25.1. The molecular formula is C65H83N13O8S. The highest BCUT2D eigenvalue weighted by atomic mass is 32.1. The van der Waals surface area contributed by atoms with Crippen LogP contribution in [0.4, 0.5) is 27.9 Å². The Morgan fingerprint density at radius 2 is 0.678 bits per heavy atom. The fourth-order valence-corrected chi connectivity index (χ4v) is 10.7. The molecule has 0 saturated heterocycles. The van der Waals surface area contributed by atoms with Crippen molar-refractivity contribution in [2.75, 3.05) is 26.6 Å². The van der Waals surface area contributed by atoms with Crippen LogP contribution in [0.15, 0.2) is 91.2 Å². The third-order valence-corrected chi connectivity index (χ3v) is 14.7. The van der Waals surface area contributed by atoms with Crippen LogP contribution in [0.1, 0.15) is 184 Å². The normalized spacial score (nSPS) is 11.9. The molecule has 0 atom stereocenters. The summed E-state index contributed by atoms with van der Waals surface area (Å²) in [6.07, 6.45) is 12.6. The molecule has 0 radical (unpaired) electrons. The molecule has 0 bridgehead atoms. The van der Waals surface area contributed by atoms with E-state index in [0.717, 1.165) is 11.3 Å². The maximum absolute atomic E-state index is 13.3. The van der Waals surface area contributed by atoms with Gasteiger partial charge < -0.3 is 58.6 Å². The lowest BCUT2D eigenvalue weighted by Gasteiger charge is -2.20. The maximum atomic E-state index is 13.3. The number of carbonyl (C=O) groups is 8. The van der Waals surface area contributed by atoms with E-state index >= 15 is 0 Å². The Labute approximate surface area is 512 Å². The summed E-state index contributed by atoms with van der Waals surface area (Å²) < 4.78 is 11.9. The highest BCUT2D eigenvalue weighted by molar-refractivity contribution is 7.13. The van der Waals surface area contributed by atoms with Gasteiger partial charge in [0.25, 0.3) is 17.7 Å². The fraction of sp³-hybridized carbons (Fsp3) is 0.400. The number of nitrogens with zero attached hydrogens (tertiary/aromatic N) is 8. The van der Waals surface area contributed by atoms with Crippen molar-refractivity contribution in [3.8, 4) is 0 Å². The summed E-state index contributed by atoms with van der Waals surface area (Å²) in [5.41, 5.74) is 6.66. The van der Waals surface area contributed by atoms with Gasteiger partial charge in [-0.1, -0.05) is 41.5 Å². The minimum Gasteiger partial charge on any atom is -0.379 e. The number of carbonyl (C=O) groups excluding carboxylic acids is 8. The molecule has 22 heteroatoms. The third kappa shape index (κ3) is 16.5. The first-order chi connectivity index (χ1) is 40.2. The number of amides is 3. The third-order valence-electron chi connectivity index (χ3n) is 14.0. The molecule has 8 aromatic heterocycles. The van der Waals surface area contributed by atoms with Gasteiger partial charge in [-0.05, 0) is 101 Å². The summed E-state index contributed by atoms with van der Waals surface area (Å²) >= 11 is 1.38. The van der Waals surface area contributed by atoms with E-state index in [1.165, 1.54) is 11.3 Å². The Kier molecular flexibility index (Phi) is 18.9. The highest BCUT2D eigenvalue weighted by Crippen LogP contribution is 2.28. The van der Waals surface area contributed by atoms with E-state index < -0.39 is 10.8 Å². The van der Waals surface area contributed by atoms with Gasteiger partial charge in [0.1, 0.15) is 22.8 Å². The van der Waals surface area contributed by atoms with Crippen LogP contribution >= 0.6 is 11.3 Å². The number of nitrogens with one attached hydrogen (secondary N) is 5. The number of anilines is 5. The lowest BCUT2D eigenvalue weighted by Crippen LogP contribution is -2.25. The predicted molar refractivity (Wildman–Crippen MR) is 342 cm³/mol. The number of hydrogen-bond acceptors (Lipinski definition) is 12. The molecule has 0 fully saturated rings. The summed E-state index contributed by atoms with van der Waals surface area (Å²) in [4.78, 5) is 108. The first-order valence-electron chi connectivity index (χ1n) is 28.5. The van der Waals surface area contributed by atoms with Crippen molar-refractivity contribution in [1.29, 1.82) is 0 Å². The van der Waals surface area contributed by atoms with Gasteiger partial charge in [-0.15, -0.1) is 11.3 Å². The van der Waals surface area contributed by atoms with Crippen molar-refractivity contribution >= 4 is 85.9 Å². The van der Waals surface area contributed by atoms with Crippen LogP contribution < -0.4 is 26.6 Å². The molecule has 8 heterocycles. The van der Waals surface area contributed by atoms with Crippen molar-refractivity contribution in [1.82, 2.24) is 37.0 Å². The molecule has 3 amide bonds. The molecule has 0 unspecified atom stereocenters. The Morgan fingerprint density at radius 3 is 1.08 bits per heavy atom. The van der Waals surface area contributed by atoms with E-state index in [2.05, 4.69) is 52.3 Å². The summed E-state index contributed by atoms with van der Waals surface area (Å²) in [6, 6.07) is 11.9. The Balaban J connectivity index is 0.000000249. The number of aryl methyl sites for hydroxylation is 7. The van der Waals surface area contributed by atoms with E-state index in [-0.39, 0.29) is 77.0 Å². The first-order valence-corrected chi connectivity index (χ1v) is 29.4. The number of Topliss-reactive ketones (excluding diaryl/α,β-unsaturated/α-hetero) is 5. The molecule has 21 nitrogen and oxygen atoms in total.